The number of rotatable bonds is 9. The normalized spacial score (nSPS) is 11.6. The molecule has 10 heteroatoms. The van der Waals surface area contributed by atoms with Crippen LogP contribution >= 0.6 is 11.8 Å². The molecule has 0 saturated heterocycles. The van der Waals surface area contributed by atoms with E-state index in [2.05, 4.69) is 10.6 Å². The van der Waals surface area contributed by atoms with Gasteiger partial charge in [-0.05, 0) is 46.8 Å². The summed E-state index contributed by atoms with van der Waals surface area (Å²) < 4.78 is 34.7. The van der Waals surface area contributed by atoms with Gasteiger partial charge in [-0.2, -0.15) is 13.4 Å². The van der Waals surface area contributed by atoms with Crippen molar-refractivity contribution in [2.75, 3.05) is 10.6 Å². The smallest absolute Gasteiger partial charge is 0.296 e. The maximum atomic E-state index is 12.3. The average Bonchev–Trinajstić information content (AvgIpc) is 3.00. The van der Waals surface area contributed by atoms with Crippen molar-refractivity contribution in [2.24, 2.45) is 0 Å². The van der Waals surface area contributed by atoms with Gasteiger partial charge in [-0.3, -0.25) is 4.55 Å². The number of benzene rings is 5. The second-order valence-electron chi connectivity index (χ2n) is 9.50. The molecule has 0 unspecified atom stereocenters. The van der Waals surface area contributed by atoms with Crippen LogP contribution in [0, 0.1) is 0 Å². The largest absolute Gasteiger partial charge is 0.392 e. The first-order chi connectivity index (χ1) is 20.4. The van der Waals surface area contributed by atoms with Gasteiger partial charge in [-0.15, -0.1) is 0 Å². The fraction of sp³-hybridized carbons (Fsp3) is 0.0625. The van der Waals surface area contributed by atoms with Crippen LogP contribution in [0.5, 0.6) is 0 Å². The molecular formula is C32H26N4O4S2. The molecule has 210 valence electrons. The van der Waals surface area contributed by atoms with Crippen molar-refractivity contribution in [1.82, 2.24) is 9.97 Å². The highest BCUT2D eigenvalue weighted by Crippen LogP contribution is 2.36. The van der Waals surface area contributed by atoms with Crippen LogP contribution in [0.3, 0.4) is 0 Å². The Labute approximate surface area is 247 Å². The van der Waals surface area contributed by atoms with Crippen molar-refractivity contribution in [3.05, 3.63) is 120 Å². The average molecular weight is 595 g/mol. The zero-order valence-corrected chi connectivity index (χ0v) is 23.9. The van der Waals surface area contributed by atoms with Gasteiger partial charge >= 0.3 is 0 Å². The van der Waals surface area contributed by atoms with Crippen LogP contribution in [0.4, 0.5) is 17.5 Å². The summed E-state index contributed by atoms with van der Waals surface area (Å²) in [6.45, 7) is 0.382. The quantitative estimate of drug-likeness (QED) is 0.131. The van der Waals surface area contributed by atoms with E-state index >= 15 is 0 Å². The second-order valence-corrected chi connectivity index (χ2v) is 12.0. The van der Waals surface area contributed by atoms with E-state index in [9.17, 15) is 18.1 Å². The van der Waals surface area contributed by atoms with Gasteiger partial charge in [0.25, 0.3) is 10.1 Å². The molecule has 0 aliphatic carbocycles. The number of aliphatic hydroxyl groups is 1. The lowest BCUT2D eigenvalue weighted by Crippen LogP contribution is -2.09. The van der Waals surface area contributed by atoms with Crippen molar-refractivity contribution in [3.63, 3.8) is 0 Å². The highest BCUT2D eigenvalue weighted by molar-refractivity contribution is 7.99. The molecule has 6 aromatic rings. The van der Waals surface area contributed by atoms with Crippen molar-refractivity contribution in [2.45, 2.75) is 27.8 Å². The topological polar surface area (TPSA) is 124 Å². The lowest BCUT2D eigenvalue weighted by atomic mass is 10.1. The Kier molecular flexibility index (Phi) is 7.77. The van der Waals surface area contributed by atoms with Gasteiger partial charge in [0.05, 0.1) is 17.8 Å². The van der Waals surface area contributed by atoms with Crippen molar-refractivity contribution < 1.29 is 18.1 Å². The van der Waals surface area contributed by atoms with Crippen LogP contribution in [-0.2, 0) is 23.3 Å². The third kappa shape index (κ3) is 5.79. The van der Waals surface area contributed by atoms with Crippen molar-refractivity contribution in [3.8, 4) is 0 Å². The molecular weight excluding hydrogens is 569 g/mol. The highest BCUT2D eigenvalue weighted by Gasteiger charge is 2.20. The summed E-state index contributed by atoms with van der Waals surface area (Å²) in [5, 5.41) is 18.4. The highest BCUT2D eigenvalue weighted by atomic mass is 32.2. The van der Waals surface area contributed by atoms with E-state index < -0.39 is 10.1 Å². The molecule has 0 amide bonds. The van der Waals surface area contributed by atoms with Crippen LogP contribution < -0.4 is 10.6 Å². The first-order valence-corrected chi connectivity index (χ1v) is 15.4. The third-order valence-electron chi connectivity index (χ3n) is 6.79. The van der Waals surface area contributed by atoms with Gasteiger partial charge in [0.2, 0.25) is 5.95 Å². The first-order valence-electron chi connectivity index (χ1n) is 13.1. The number of anilines is 3. The summed E-state index contributed by atoms with van der Waals surface area (Å²) in [5.41, 5.74) is 2.76. The Hall–Kier alpha value is -4.48. The summed E-state index contributed by atoms with van der Waals surface area (Å²) in [6.07, 6.45) is 0. The Bertz CT molecular complexity index is 2030. The monoisotopic (exact) mass is 594 g/mol. The summed E-state index contributed by atoms with van der Waals surface area (Å²) in [7, 11) is -4.53. The van der Waals surface area contributed by atoms with Gasteiger partial charge in [0.1, 0.15) is 10.7 Å². The Morgan fingerprint density at radius 2 is 1.36 bits per heavy atom. The molecule has 42 heavy (non-hydrogen) atoms. The fourth-order valence-corrected chi connectivity index (χ4v) is 6.47. The van der Waals surface area contributed by atoms with Crippen LogP contribution in [0.15, 0.2) is 124 Å². The first kappa shape index (κ1) is 27.7. The molecule has 0 radical (unpaired) electrons. The van der Waals surface area contributed by atoms with E-state index in [1.165, 1.54) is 6.07 Å². The van der Waals surface area contributed by atoms with Gasteiger partial charge < -0.3 is 15.7 Å². The summed E-state index contributed by atoms with van der Waals surface area (Å²) >= 11 is 1.58. The number of aromatic nitrogens is 2. The van der Waals surface area contributed by atoms with E-state index in [1.54, 1.807) is 30.0 Å². The van der Waals surface area contributed by atoms with Crippen LogP contribution in [0.1, 0.15) is 11.1 Å². The number of aliphatic hydroxyl groups excluding tert-OH is 1. The minimum Gasteiger partial charge on any atom is -0.392 e. The Balaban J connectivity index is 1.36. The lowest BCUT2D eigenvalue weighted by molar-refractivity contribution is 0.279. The molecule has 5 aromatic carbocycles. The van der Waals surface area contributed by atoms with Crippen LogP contribution in [0.25, 0.3) is 21.7 Å². The molecule has 0 aliphatic heterocycles. The molecule has 0 aliphatic rings. The zero-order valence-electron chi connectivity index (χ0n) is 22.2. The summed E-state index contributed by atoms with van der Waals surface area (Å²) in [5.74, 6) is 0.740. The van der Waals surface area contributed by atoms with E-state index in [-0.39, 0.29) is 17.2 Å². The SMILES string of the molecule is O=S(=O)(O)c1ccc2ccccc2c1Nc1nc(NCc2ccccc2Sc2ccccc2CO)nc2ccccc12. The predicted octanol–water partition coefficient (Wildman–Crippen LogP) is 7.03. The van der Waals surface area contributed by atoms with Crippen molar-refractivity contribution in [1.29, 1.82) is 0 Å². The lowest BCUT2D eigenvalue weighted by Gasteiger charge is -2.16. The van der Waals surface area contributed by atoms with Gasteiger partial charge in [0.15, 0.2) is 0 Å². The molecule has 0 bridgehead atoms. The fourth-order valence-electron chi connectivity index (χ4n) is 4.74. The maximum Gasteiger partial charge on any atom is 0.296 e. The minimum atomic E-state index is -4.53. The van der Waals surface area contributed by atoms with Crippen molar-refractivity contribution >= 4 is 61.0 Å². The number of hydrogen-bond donors (Lipinski definition) is 4. The summed E-state index contributed by atoms with van der Waals surface area (Å²) in [6, 6.07) is 33.5. The molecule has 0 spiro atoms. The Morgan fingerprint density at radius 1 is 0.714 bits per heavy atom. The number of nitrogens with one attached hydrogen (secondary N) is 2. The Morgan fingerprint density at radius 3 is 2.12 bits per heavy atom. The van der Waals surface area contributed by atoms with Gasteiger partial charge in [-0.25, -0.2) is 4.98 Å². The maximum absolute atomic E-state index is 12.3. The molecule has 0 fully saturated rings. The predicted molar refractivity (Wildman–Crippen MR) is 167 cm³/mol. The molecule has 1 aromatic heterocycles. The molecule has 0 atom stereocenters. The van der Waals surface area contributed by atoms with Crippen LogP contribution in [0.2, 0.25) is 0 Å². The molecule has 6 rings (SSSR count). The van der Waals surface area contributed by atoms with Gasteiger partial charge in [-0.1, -0.05) is 90.6 Å². The number of nitrogens with zero attached hydrogens (tertiary/aromatic N) is 2. The van der Waals surface area contributed by atoms with E-state index in [0.29, 0.717) is 34.6 Å². The van der Waals surface area contributed by atoms with E-state index in [1.807, 2.05) is 84.9 Å². The molecule has 1 heterocycles. The molecule has 8 nitrogen and oxygen atoms in total. The zero-order chi connectivity index (χ0) is 29.1. The number of hydrogen-bond acceptors (Lipinski definition) is 8. The second kappa shape index (κ2) is 11.8. The van der Waals surface area contributed by atoms with Crippen LogP contribution in [-0.4, -0.2) is 28.0 Å². The minimum absolute atomic E-state index is 0.0414. The van der Waals surface area contributed by atoms with E-state index in [4.69, 9.17) is 9.97 Å². The number of fused-ring (bicyclic) bond motifs is 2. The third-order valence-corrected chi connectivity index (χ3v) is 8.92. The standard InChI is InChI=1S/C32H26N4O4S2/c37-20-23-11-3-8-16-28(23)41-27-15-7-2-10-22(27)19-33-32-34-26-14-6-5-13-25(26)31(36-32)35-30-24-12-4-1-9-21(24)17-18-29(30)42(38,39)40/h1-18,37H,19-20H2,(H,38,39,40)(H2,33,34,35,36). The van der Waals surface area contributed by atoms with E-state index in [0.717, 1.165) is 26.3 Å². The van der Waals surface area contributed by atoms with Gasteiger partial charge in [0, 0.05) is 27.1 Å². The molecule has 4 N–H and O–H groups in total. The number of para-hydroxylation sites is 1. The summed E-state index contributed by atoms with van der Waals surface area (Å²) in [4.78, 5) is 11.2. The molecule has 0 saturated carbocycles.